The van der Waals surface area contributed by atoms with Crippen LogP contribution in [0.5, 0.6) is 0 Å². The van der Waals surface area contributed by atoms with Gasteiger partial charge in [0.05, 0.1) is 22.4 Å². The molecule has 2 amide bonds. The fraction of sp³-hybridized carbons (Fsp3) is 0.500. The zero-order valence-corrected chi connectivity index (χ0v) is 13.7. The van der Waals surface area contributed by atoms with E-state index in [-0.39, 0.29) is 11.1 Å². The molecule has 0 unspecified atom stereocenters. The molecule has 7 heteroatoms. The first-order chi connectivity index (χ1) is 10.9. The monoisotopic (exact) mass is 335 g/mol. The first kappa shape index (κ1) is 16.1. The van der Waals surface area contributed by atoms with Gasteiger partial charge in [0, 0.05) is 7.05 Å². The number of nitrogens with zero attached hydrogens (tertiary/aromatic N) is 3. The van der Waals surface area contributed by atoms with Gasteiger partial charge in [-0.15, -0.1) is 0 Å². The molecule has 3 atom stereocenters. The molecule has 1 saturated carbocycles. The maximum atomic E-state index is 12.7. The van der Waals surface area contributed by atoms with Crippen molar-refractivity contribution >= 4 is 23.3 Å². The zero-order valence-electron chi connectivity index (χ0n) is 13.0. The molecule has 3 rings (SSSR count). The van der Waals surface area contributed by atoms with E-state index >= 15 is 0 Å². The Bertz CT molecular complexity index is 717. The fourth-order valence-corrected chi connectivity index (χ4v) is 3.99. The maximum absolute atomic E-state index is 12.7. The van der Waals surface area contributed by atoms with Crippen LogP contribution in [0.2, 0.25) is 5.02 Å². The van der Waals surface area contributed by atoms with E-state index < -0.39 is 17.9 Å². The highest BCUT2D eigenvalue weighted by molar-refractivity contribution is 6.33. The van der Waals surface area contributed by atoms with Gasteiger partial charge in [0.2, 0.25) is 0 Å². The summed E-state index contributed by atoms with van der Waals surface area (Å²) in [6.45, 7) is 1.70. The number of urea groups is 1. The Morgan fingerprint density at radius 1 is 1.43 bits per heavy atom. The summed E-state index contributed by atoms with van der Waals surface area (Å²) >= 11 is 6.18. The zero-order chi connectivity index (χ0) is 16.9. The summed E-state index contributed by atoms with van der Waals surface area (Å²) in [5.41, 5.74) is 0.326. The van der Waals surface area contributed by atoms with Crippen LogP contribution in [0.1, 0.15) is 30.4 Å². The highest BCUT2D eigenvalue weighted by Crippen LogP contribution is 2.46. The fourth-order valence-electron chi connectivity index (χ4n) is 3.79. The molecule has 1 saturated heterocycles. The van der Waals surface area contributed by atoms with Crippen LogP contribution in [0.3, 0.4) is 0 Å². The van der Waals surface area contributed by atoms with E-state index in [1.807, 2.05) is 6.07 Å². The van der Waals surface area contributed by atoms with Crippen molar-refractivity contribution in [2.45, 2.75) is 44.1 Å². The van der Waals surface area contributed by atoms with E-state index in [2.05, 4.69) is 0 Å². The molecule has 23 heavy (non-hydrogen) atoms. The quantitative estimate of drug-likeness (QED) is 0.821. The van der Waals surface area contributed by atoms with E-state index in [1.165, 1.54) is 15.9 Å². The summed E-state index contributed by atoms with van der Waals surface area (Å²) < 4.78 is 0. The number of carbonyl (C=O) groups excluding carboxylic acids is 1. The SMILES string of the molecule is Cc1c(N2C(=O)N(C)[C@]3(CCC[C@H]3O)[C@H]2O)ccc(C#N)c1Cl. The van der Waals surface area contributed by atoms with Gasteiger partial charge in [0.1, 0.15) is 11.6 Å². The number of rotatable bonds is 1. The van der Waals surface area contributed by atoms with E-state index in [9.17, 15) is 15.0 Å². The molecule has 0 aromatic heterocycles. The van der Waals surface area contributed by atoms with Gasteiger partial charge in [0.25, 0.3) is 0 Å². The molecule has 6 nitrogen and oxygen atoms in total. The molecule has 2 N–H and O–H groups in total. The summed E-state index contributed by atoms with van der Waals surface area (Å²) in [6.07, 6.45) is -0.102. The summed E-state index contributed by atoms with van der Waals surface area (Å²) in [6, 6.07) is 4.74. The van der Waals surface area contributed by atoms with Crippen molar-refractivity contribution in [2.75, 3.05) is 11.9 Å². The molecule has 1 heterocycles. The van der Waals surface area contributed by atoms with Gasteiger partial charge >= 0.3 is 6.03 Å². The largest absolute Gasteiger partial charge is 0.390 e. The summed E-state index contributed by atoms with van der Waals surface area (Å²) in [7, 11) is 1.60. The third-order valence-corrected chi connectivity index (χ3v) is 5.67. The van der Waals surface area contributed by atoms with E-state index in [0.717, 1.165) is 6.42 Å². The Morgan fingerprint density at radius 2 is 2.13 bits per heavy atom. The van der Waals surface area contributed by atoms with Gasteiger partial charge in [0.15, 0.2) is 6.23 Å². The lowest BCUT2D eigenvalue weighted by Gasteiger charge is -2.36. The molecule has 1 spiro atoms. The maximum Gasteiger partial charge on any atom is 0.327 e. The first-order valence-electron chi connectivity index (χ1n) is 7.48. The highest BCUT2D eigenvalue weighted by Gasteiger charge is 2.61. The average molecular weight is 336 g/mol. The van der Waals surface area contributed by atoms with Crippen molar-refractivity contribution in [1.29, 1.82) is 5.26 Å². The Morgan fingerprint density at radius 3 is 2.70 bits per heavy atom. The highest BCUT2D eigenvalue weighted by atomic mass is 35.5. The third-order valence-electron chi connectivity index (χ3n) is 5.18. The molecule has 2 aliphatic rings. The molecule has 2 fully saturated rings. The van der Waals surface area contributed by atoms with Crippen LogP contribution in [-0.2, 0) is 0 Å². The number of hydrogen-bond donors (Lipinski definition) is 2. The van der Waals surface area contributed by atoms with Crippen LogP contribution in [0.4, 0.5) is 10.5 Å². The number of amides is 2. The van der Waals surface area contributed by atoms with Crippen LogP contribution in [0.15, 0.2) is 12.1 Å². The number of nitriles is 1. The van der Waals surface area contributed by atoms with Crippen LogP contribution in [0, 0.1) is 18.3 Å². The molecule has 1 aliphatic heterocycles. The van der Waals surface area contributed by atoms with Gasteiger partial charge < -0.3 is 15.1 Å². The van der Waals surface area contributed by atoms with Crippen molar-refractivity contribution in [3.05, 3.63) is 28.3 Å². The first-order valence-corrected chi connectivity index (χ1v) is 7.86. The number of likely N-dealkylation sites (N-methyl/N-ethyl adjacent to an activating group) is 1. The Labute approximate surface area is 139 Å². The predicted molar refractivity (Wildman–Crippen MR) is 85.1 cm³/mol. The Balaban J connectivity index is 2.10. The summed E-state index contributed by atoms with van der Waals surface area (Å²) in [5.74, 6) is 0. The molecule has 1 aromatic carbocycles. The van der Waals surface area contributed by atoms with Crippen molar-refractivity contribution in [1.82, 2.24) is 4.90 Å². The average Bonchev–Trinajstić information content (AvgIpc) is 3.00. The molecule has 0 bridgehead atoms. The summed E-state index contributed by atoms with van der Waals surface area (Å²) in [5, 5.41) is 30.5. The number of halogens is 1. The Kier molecular flexibility index (Phi) is 3.75. The number of benzene rings is 1. The van der Waals surface area contributed by atoms with Crippen molar-refractivity contribution < 1.29 is 15.0 Å². The van der Waals surface area contributed by atoms with Gasteiger partial charge in [-0.2, -0.15) is 5.26 Å². The predicted octanol–water partition coefficient (Wildman–Crippen LogP) is 1.99. The number of carbonyl (C=O) groups is 1. The molecular formula is C16H18ClN3O3. The standard InChI is InChI=1S/C16H18ClN3O3/c1-9-11(6-5-10(8-18)13(9)17)20-14(22)16(19(2)15(20)23)7-3-4-12(16)21/h5-6,12,14,21-22H,3-4,7H2,1-2H3/t12-,14-,16+/m1/s1. The topological polar surface area (TPSA) is 87.8 Å². The van der Waals surface area contributed by atoms with E-state index in [1.54, 1.807) is 20.0 Å². The molecule has 0 radical (unpaired) electrons. The van der Waals surface area contributed by atoms with Gasteiger partial charge in [-0.1, -0.05) is 11.6 Å². The summed E-state index contributed by atoms with van der Waals surface area (Å²) in [4.78, 5) is 15.4. The smallest absolute Gasteiger partial charge is 0.327 e. The second-order valence-corrected chi connectivity index (χ2v) is 6.55. The minimum Gasteiger partial charge on any atom is -0.390 e. The lowest BCUT2D eigenvalue weighted by atomic mass is 9.92. The molecule has 1 aliphatic carbocycles. The van der Waals surface area contributed by atoms with Crippen molar-refractivity contribution in [3.8, 4) is 6.07 Å². The lowest BCUT2D eigenvalue weighted by Crippen LogP contribution is -2.56. The second-order valence-electron chi connectivity index (χ2n) is 6.17. The van der Waals surface area contributed by atoms with Crippen LogP contribution in [0.25, 0.3) is 0 Å². The van der Waals surface area contributed by atoms with E-state index in [0.29, 0.717) is 29.7 Å². The number of anilines is 1. The molecular weight excluding hydrogens is 318 g/mol. The van der Waals surface area contributed by atoms with Gasteiger partial charge in [-0.05, 0) is 43.9 Å². The normalized spacial score (nSPS) is 30.3. The number of aliphatic hydroxyl groups excluding tert-OH is 2. The third kappa shape index (κ3) is 1.97. The van der Waals surface area contributed by atoms with Gasteiger partial charge in [-0.3, -0.25) is 4.90 Å². The van der Waals surface area contributed by atoms with Crippen molar-refractivity contribution in [2.24, 2.45) is 0 Å². The molecule has 1 aromatic rings. The van der Waals surface area contributed by atoms with Crippen molar-refractivity contribution in [3.63, 3.8) is 0 Å². The van der Waals surface area contributed by atoms with Gasteiger partial charge in [-0.25, -0.2) is 4.79 Å². The lowest BCUT2D eigenvalue weighted by molar-refractivity contribution is -0.0310. The number of hydrogen-bond acceptors (Lipinski definition) is 4. The minimum absolute atomic E-state index is 0.264. The minimum atomic E-state index is -1.17. The van der Waals surface area contributed by atoms with E-state index in [4.69, 9.17) is 16.9 Å². The van der Waals surface area contributed by atoms with Crippen LogP contribution < -0.4 is 4.90 Å². The van der Waals surface area contributed by atoms with Crippen LogP contribution in [-0.4, -0.2) is 46.1 Å². The Hall–Kier alpha value is -1.81. The molecule has 122 valence electrons. The number of aliphatic hydroxyl groups is 2. The second kappa shape index (κ2) is 5.38. The van der Waals surface area contributed by atoms with Crippen LogP contribution >= 0.6 is 11.6 Å².